The lowest BCUT2D eigenvalue weighted by Gasteiger charge is -2.48. The molecule has 0 amide bonds. The molecule has 0 N–H and O–H groups in total. The average Bonchev–Trinajstić information content (AvgIpc) is 2.74. The Morgan fingerprint density at radius 2 is 2.10 bits per heavy atom. The Hall–Kier alpha value is -1.37. The van der Waals surface area contributed by atoms with E-state index in [4.69, 9.17) is 0 Å². The van der Waals surface area contributed by atoms with E-state index in [0.29, 0.717) is 23.5 Å². The van der Waals surface area contributed by atoms with Crippen molar-refractivity contribution in [3.8, 4) is 0 Å². The number of ketones is 1. The summed E-state index contributed by atoms with van der Waals surface area (Å²) in [5.41, 5.74) is 4.41. The fraction of sp³-hybridized carbons (Fsp3) is 0.526. The number of rotatable bonds is 0. The molecule has 3 aliphatic carbocycles. The number of hydrogen-bond acceptors (Lipinski definition) is 1. The van der Waals surface area contributed by atoms with Gasteiger partial charge < -0.3 is 0 Å². The second-order valence-electron chi connectivity index (χ2n) is 7.22. The van der Waals surface area contributed by atoms with E-state index >= 15 is 0 Å². The molecule has 3 unspecified atom stereocenters. The van der Waals surface area contributed by atoms with Gasteiger partial charge in [-0.3, -0.25) is 4.79 Å². The molecule has 0 aliphatic heterocycles. The summed E-state index contributed by atoms with van der Waals surface area (Å²) < 4.78 is 0. The number of hydrogen-bond donors (Lipinski definition) is 0. The molecule has 1 heteroatoms. The molecule has 20 heavy (non-hydrogen) atoms. The minimum Gasteiger partial charge on any atom is -0.294 e. The average molecular weight is 266 g/mol. The Morgan fingerprint density at radius 1 is 1.25 bits per heavy atom. The van der Waals surface area contributed by atoms with E-state index in [1.165, 1.54) is 24.8 Å². The van der Waals surface area contributed by atoms with E-state index < -0.39 is 0 Å². The maximum atomic E-state index is 12.2. The molecule has 1 aromatic rings. The van der Waals surface area contributed by atoms with Crippen LogP contribution in [0.4, 0.5) is 0 Å². The van der Waals surface area contributed by atoms with E-state index in [0.717, 1.165) is 6.42 Å². The number of benzene rings is 1. The van der Waals surface area contributed by atoms with Crippen LogP contribution in [0.25, 0.3) is 0 Å². The molecule has 1 fully saturated rings. The van der Waals surface area contributed by atoms with Crippen LogP contribution >= 0.6 is 0 Å². The first-order valence-corrected chi connectivity index (χ1v) is 7.92. The van der Waals surface area contributed by atoms with Crippen LogP contribution in [0.3, 0.4) is 0 Å². The molecule has 0 spiro atoms. The van der Waals surface area contributed by atoms with Crippen molar-refractivity contribution in [3.05, 3.63) is 47.0 Å². The van der Waals surface area contributed by atoms with Gasteiger partial charge in [0.2, 0.25) is 0 Å². The number of allylic oxidation sites excluding steroid dienone is 2. The Morgan fingerprint density at radius 3 is 2.95 bits per heavy atom. The fourth-order valence-electron chi connectivity index (χ4n) is 4.98. The van der Waals surface area contributed by atoms with Crippen LogP contribution in [0.2, 0.25) is 0 Å². The van der Waals surface area contributed by atoms with Crippen LogP contribution < -0.4 is 0 Å². The van der Waals surface area contributed by atoms with Gasteiger partial charge >= 0.3 is 0 Å². The molecule has 0 heterocycles. The van der Waals surface area contributed by atoms with Gasteiger partial charge in [-0.1, -0.05) is 36.8 Å². The third kappa shape index (κ3) is 1.52. The number of aryl methyl sites for hydroxylation is 2. The standard InChI is InChI=1S/C19H22O/c1-12-3-5-14-13(11-12)4-6-16-15(14)9-10-19(2)17(16)7-8-18(19)20/h3,5,7-8,11,15-17H,4,6,9-10H2,1-2H3/t15?,16?,17?,19-/m0/s1. The van der Waals surface area contributed by atoms with Crippen LogP contribution in [0.15, 0.2) is 30.4 Å². The van der Waals surface area contributed by atoms with Crippen molar-refractivity contribution < 1.29 is 4.79 Å². The predicted octanol–water partition coefficient (Wildman–Crippen LogP) is 4.20. The van der Waals surface area contributed by atoms with Gasteiger partial charge in [-0.2, -0.15) is 0 Å². The number of fused-ring (bicyclic) bond motifs is 5. The summed E-state index contributed by atoms with van der Waals surface area (Å²) in [6.07, 6.45) is 8.75. The van der Waals surface area contributed by atoms with Crippen molar-refractivity contribution in [1.82, 2.24) is 0 Å². The monoisotopic (exact) mass is 266 g/mol. The predicted molar refractivity (Wildman–Crippen MR) is 80.7 cm³/mol. The molecule has 104 valence electrons. The van der Waals surface area contributed by atoms with Crippen LogP contribution in [0.5, 0.6) is 0 Å². The van der Waals surface area contributed by atoms with Crippen molar-refractivity contribution in [1.29, 1.82) is 0 Å². The van der Waals surface area contributed by atoms with Crippen LogP contribution in [0, 0.1) is 24.2 Å². The second kappa shape index (κ2) is 4.07. The van der Waals surface area contributed by atoms with E-state index in [9.17, 15) is 4.79 Å². The Bertz CT molecular complexity index is 612. The zero-order valence-electron chi connectivity index (χ0n) is 12.4. The van der Waals surface area contributed by atoms with Gasteiger partial charge in [-0.05, 0) is 67.6 Å². The summed E-state index contributed by atoms with van der Waals surface area (Å²) in [6.45, 7) is 4.38. The quantitative estimate of drug-likeness (QED) is 0.688. The number of carbonyl (C=O) groups excluding carboxylic acids is 1. The number of carbonyl (C=O) groups is 1. The van der Waals surface area contributed by atoms with E-state index in [2.05, 4.69) is 38.1 Å². The Labute approximate surface area is 121 Å². The molecule has 1 saturated carbocycles. The first-order chi connectivity index (χ1) is 9.59. The lowest BCUT2D eigenvalue weighted by atomic mass is 9.55. The zero-order chi connectivity index (χ0) is 13.9. The third-order valence-corrected chi connectivity index (χ3v) is 6.15. The van der Waals surface area contributed by atoms with Gasteiger partial charge in [-0.25, -0.2) is 0 Å². The minimum absolute atomic E-state index is 0.0939. The van der Waals surface area contributed by atoms with Crippen LogP contribution in [0.1, 0.15) is 48.8 Å². The molecule has 4 rings (SSSR count). The summed E-state index contributed by atoms with van der Waals surface area (Å²) in [5.74, 6) is 2.19. The largest absolute Gasteiger partial charge is 0.294 e. The molecule has 0 saturated heterocycles. The van der Waals surface area contributed by atoms with Gasteiger partial charge in [-0.15, -0.1) is 0 Å². The smallest absolute Gasteiger partial charge is 0.161 e. The summed E-state index contributed by atoms with van der Waals surface area (Å²) in [7, 11) is 0. The molecule has 4 atom stereocenters. The summed E-state index contributed by atoms with van der Waals surface area (Å²) >= 11 is 0. The van der Waals surface area contributed by atoms with Gasteiger partial charge in [0.15, 0.2) is 5.78 Å². The highest BCUT2D eigenvalue weighted by Gasteiger charge is 2.52. The lowest BCUT2D eigenvalue weighted by molar-refractivity contribution is -0.126. The highest BCUT2D eigenvalue weighted by atomic mass is 16.1. The molecule has 3 aliphatic rings. The fourth-order valence-corrected chi connectivity index (χ4v) is 4.98. The molecule has 0 aromatic heterocycles. The second-order valence-corrected chi connectivity index (χ2v) is 7.22. The molecule has 1 aromatic carbocycles. The SMILES string of the molecule is Cc1ccc2c(c1)CCC1C2CC[C@]2(C)C(=O)C=CC12. The van der Waals surface area contributed by atoms with E-state index in [1.54, 1.807) is 11.1 Å². The lowest BCUT2D eigenvalue weighted by Crippen LogP contribution is -2.42. The summed E-state index contributed by atoms with van der Waals surface area (Å²) in [4.78, 5) is 12.2. The molecular formula is C19H22O. The molecule has 0 radical (unpaired) electrons. The van der Waals surface area contributed by atoms with E-state index in [-0.39, 0.29) is 5.41 Å². The maximum Gasteiger partial charge on any atom is 0.161 e. The first-order valence-electron chi connectivity index (χ1n) is 7.92. The highest BCUT2D eigenvalue weighted by molar-refractivity contribution is 5.97. The normalized spacial score (nSPS) is 38.3. The van der Waals surface area contributed by atoms with Crippen molar-refractivity contribution in [2.24, 2.45) is 17.3 Å². The van der Waals surface area contributed by atoms with Crippen LogP contribution in [-0.2, 0) is 11.2 Å². The highest BCUT2D eigenvalue weighted by Crippen LogP contribution is 2.57. The van der Waals surface area contributed by atoms with E-state index in [1.807, 2.05) is 6.08 Å². The summed E-state index contributed by atoms with van der Waals surface area (Å²) in [6, 6.07) is 6.98. The van der Waals surface area contributed by atoms with Crippen molar-refractivity contribution in [3.63, 3.8) is 0 Å². The van der Waals surface area contributed by atoms with Gasteiger partial charge in [0, 0.05) is 5.41 Å². The Kier molecular flexibility index (Phi) is 2.52. The minimum atomic E-state index is -0.0939. The van der Waals surface area contributed by atoms with Crippen LogP contribution in [-0.4, -0.2) is 5.78 Å². The topological polar surface area (TPSA) is 17.1 Å². The van der Waals surface area contributed by atoms with Crippen molar-refractivity contribution in [2.45, 2.75) is 45.4 Å². The molecular weight excluding hydrogens is 244 g/mol. The molecule has 0 bridgehead atoms. The van der Waals surface area contributed by atoms with Crippen molar-refractivity contribution in [2.75, 3.05) is 0 Å². The first kappa shape index (κ1) is 12.4. The van der Waals surface area contributed by atoms with Gasteiger partial charge in [0.05, 0.1) is 0 Å². The Balaban J connectivity index is 1.75. The summed E-state index contributed by atoms with van der Waals surface area (Å²) in [5, 5.41) is 0. The van der Waals surface area contributed by atoms with Gasteiger partial charge in [0.1, 0.15) is 0 Å². The third-order valence-electron chi connectivity index (χ3n) is 6.15. The maximum absolute atomic E-state index is 12.2. The van der Waals surface area contributed by atoms with Gasteiger partial charge in [0.25, 0.3) is 0 Å². The molecule has 1 nitrogen and oxygen atoms in total. The van der Waals surface area contributed by atoms with Crippen molar-refractivity contribution >= 4 is 5.78 Å². The zero-order valence-corrected chi connectivity index (χ0v) is 12.4.